The maximum atomic E-state index is 14.2. The van der Waals surface area contributed by atoms with Crippen LogP contribution in [-0.4, -0.2) is 34.6 Å². The number of carbonyl (C=O) groups excluding carboxylic acids is 2. The van der Waals surface area contributed by atoms with E-state index in [2.05, 4.69) is 10.3 Å². The summed E-state index contributed by atoms with van der Waals surface area (Å²) >= 11 is 0. The second-order valence-electron chi connectivity index (χ2n) is 6.50. The summed E-state index contributed by atoms with van der Waals surface area (Å²) in [5.41, 5.74) is 6.55. The number of halogens is 3. The minimum Gasteiger partial charge on any atom is -0.394 e. The van der Waals surface area contributed by atoms with Crippen molar-refractivity contribution in [3.63, 3.8) is 0 Å². The number of primary amides is 1. The topological polar surface area (TPSA) is 108 Å². The highest BCUT2D eigenvalue weighted by Gasteiger charge is 2.20. The van der Waals surface area contributed by atoms with Crippen LogP contribution in [0.15, 0.2) is 36.4 Å². The third-order valence-electron chi connectivity index (χ3n) is 4.53. The van der Waals surface area contributed by atoms with Gasteiger partial charge < -0.3 is 21.1 Å². The molecule has 0 unspecified atom stereocenters. The van der Waals surface area contributed by atoms with E-state index in [1.54, 1.807) is 0 Å². The van der Waals surface area contributed by atoms with Crippen LogP contribution in [0.2, 0.25) is 0 Å². The molecule has 1 aromatic heterocycles. The molecule has 2 amide bonds. The van der Waals surface area contributed by atoms with Crippen molar-refractivity contribution in [2.24, 2.45) is 5.73 Å². The molecule has 0 bridgehead atoms. The minimum atomic E-state index is -1.23. The molecule has 2 aromatic carbocycles. The van der Waals surface area contributed by atoms with E-state index in [9.17, 15) is 22.8 Å². The van der Waals surface area contributed by atoms with Gasteiger partial charge >= 0.3 is 0 Å². The van der Waals surface area contributed by atoms with Crippen molar-refractivity contribution in [2.75, 3.05) is 6.61 Å². The lowest BCUT2D eigenvalue weighted by Gasteiger charge is -2.12. The second kappa shape index (κ2) is 8.36. The quantitative estimate of drug-likeness (QED) is 0.484. The van der Waals surface area contributed by atoms with Gasteiger partial charge in [-0.15, -0.1) is 0 Å². The van der Waals surface area contributed by atoms with Crippen molar-refractivity contribution in [1.29, 1.82) is 0 Å². The number of nitrogens with two attached hydrogens (primary N) is 1. The van der Waals surface area contributed by atoms with Crippen LogP contribution in [0.3, 0.4) is 0 Å². The zero-order valence-electron chi connectivity index (χ0n) is 15.1. The van der Waals surface area contributed by atoms with E-state index < -0.39 is 41.9 Å². The summed E-state index contributed by atoms with van der Waals surface area (Å²) in [6.07, 6.45) is -0.0680. The van der Waals surface area contributed by atoms with E-state index in [0.717, 1.165) is 12.1 Å². The first kappa shape index (κ1) is 20.4. The molecule has 5 N–H and O–H groups in total. The lowest BCUT2D eigenvalue weighted by Crippen LogP contribution is -2.46. The van der Waals surface area contributed by atoms with Crippen molar-refractivity contribution >= 4 is 22.7 Å². The van der Waals surface area contributed by atoms with E-state index in [1.165, 1.54) is 24.3 Å². The Hall–Kier alpha value is -3.33. The van der Waals surface area contributed by atoms with Crippen LogP contribution in [0, 0.1) is 17.5 Å². The van der Waals surface area contributed by atoms with Crippen LogP contribution >= 0.6 is 0 Å². The van der Waals surface area contributed by atoms with Crippen molar-refractivity contribution in [2.45, 2.75) is 18.9 Å². The Kier molecular flexibility index (Phi) is 5.88. The number of H-pyrrole nitrogens is 1. The van der Waals surface area contributed by atoms with Gasteiger partial charge in [-0.3, -0.25) is 9.59 Å². The number of nitrogens with one attached hydrogen (secondary N) is 2. The summed E-state index contributed by atoms with van der Waals surface area (Å²) in [5.74, 6) is -3.49. The summed E-state index contributed by atoms with van der Waals surface area (Å²) in [7, 11) is 0. The van der Waals surface area contributed by atoms with Gasteiger partial charge in [0.15, 0.2) is 0 Å². The van der Waals surface area contributed by atoms with E-state index >= 15 is 0 Å². The first-order valence-electron chi connectivity index (χ1n) is 8.75. The van der Waals surface area contributed by atoms with Crippen molar-refractivity contribution in [1.82, 2.24) is 10.3 Å². The second-order valence-corrected chi connectivity index (χ2v) is 6.50. The SMILES string of the molecule is NC(=O)[C@H](CO)NC(=O)CCc1c(-c2ccc(F)cc2)[nH]c2c(F)cc(F)cc12. The number of carbonyl (C=O) groups is 2. The molecule has 0 spiro atoms. The first-order chi connectivity index (χ1) is 13.8. The number of rotatable bonds is 7. The fraction of sp³-hybridized carbons (Fsp3) is 0.200. The van der Waals surface area contributed by atoms with Gasteiger partial charge in [0.1, 0.15) is 23.5 Å². The Morgan fingerprint density at radius 3 is 2.41 bits per heavy atom. The molecule has 0 fully saturated rings. The number of amides is 2. The molecule has 0 aliphatic carbocycles. The normalized spacial score (nSPS) is 12.1. The van der Waals surface area contributed by atoms with Crippen molar-refractivity contribution in [3.8, 4) is 11.3 Å². The van der Waals surface area contributed by atoms with Crippen LogP contribution in [0.4, 0.5) is 13.2 Å². The molecule has 3 aromatic rings. The standard InChI is InChI=1S/C20H18F3N3O3/c21-11-3-1-10(2-4-11)18-13(5-6-17(28)25-16(9-27)20(24)29)14-7-12(22)8-15(23)19(14)26-18/h1-4,7-8,16,26-27H,5-6,9H2,(H2,24,29)(H,25,28)/t16-/m0/s1. The Morgan fingerprint density at radius 2 is 1.79 bits per heavy atom. The van der Waals surface area contributed by atoms with Crippen molar-refractivity contribution in [3.05, 3.63) is 59.4 Å². The molecule has 0 aliphatic rings. The van der Waals surface area contributed by atoms with Gasteiger partial charge in [-0.25, -0.2) is 13.2 Å². The van der Waals surface area contributed by atoms with E-state index in [4.69, 9.17) is 10.8 Å². The lowest BCUT2D eigenvalue weighted by molar-refractivity contribution is -0.128. The third kappa shape index (κ3) is 4.40. The van der Waals surface area contributed by atoms with E-state index in [-0.39, 0.29) is 23.7 Å². The molecular weight excluding hydrogens is 387 g/mol. The summed E-state index contributed by atoms with van der Waals surface area (Å²) in [5, 5.41) is 11.6. The maximum Gasteiger partial charge on any atom is 0.242 e. The zero-order chi connectivity index (χ0) is 21.1. The van der Waals surface area contributed by atoms with Crippen LogP contribution in [-0.2, 0) is 16.0 Å². The molecule has 1 heterocycles. The Bertz CT molecular complexity index is 1060. The molecule has 6 nitrogen and oxygen atoms in total. The molecular formula is C20H18F3N3O3. The van der Waals surface area contributed by atoms with E-state index in [0.29, 0.717) is 16.8 Å². The van der Waals surface area contributed by atoms with Gasteiger partial charge in [0.05, 0.1) is 12.1 Å². The number of aromatic nitrogens is 1. The molecule has 0 aliphatic heterocycles. The molecule has 0 saturated heterocycles. The molecule has 152 valence electrons. The Morgan fingerprint density at radius 1 is 1.10 bits per heavy atom. The average molecular weight is 405 g/mol. The molecule has 1 atom stereocenters. The summed E-state index contributed by atoms with van der Waals surface area (Å²) in [6.45, 7) is -0.647. The van der Waals surface area contributed by atoms with Gasteiger partial charge in [0, 0.05) is 23.6 Å². The van der Waals surface area contributed by atoms with Crippen molar-refractivity contribution < 1.29 is 27.9 Å². The Labute approximate surface area is 163 Å². The van der Waals surface area contributed by atoms with Gasteiger partial charge in [-0.1, -0.05) is 0 Å². The number of aromatic amines is 1. The lowest BCUT2D eigenvalue weighted by atomic mass is 10.0. The van der Waals surface area contributed by atoms with Crippen LogP contribution in [0.5, 0.6) is 0 Å². The fourth-order valence-corrected chi connectivity index (χ4v) is 3.11. The fourth-order valence-electron chi connectivity index (χ4n) is 3.11. The number of aliphatic hydroxyl groups is 1. The number of hydrogen-bond acceptors (Lipinski definition) is 3. The largest absolute Gasteiger partial charge is 0.394 e. The maximum absolute atomic E-state index is 14.2. The number of aliphatic hydroxyl groups excluding tert-OH is 1. The minimum absolute atomic E-state index is 0.0616. The van der Waals surface area contributed by atoms with Crippen LogP contribution in [0.25, 0.3) is 22.2 Å². The number of benzene rings is 2. The van der Waals surface area contributed by atoms with Gasteiger partial charge in [0.25, 0.3) is 0 Å². The Balaban J connectivity index is 1.96. The highest BCUT2D eigenvalue weighted by molar-refractivity contribution is 5.92. The van der Waals surface area contributed by atoms with Crippen LogP contribution < -0.4 is 11.1 Å². The van der Waals surface area contributed by atoms with Gasteiger partial charge in [-0.05, 0) is 47.9 Å². The summed E-state index contributed by atoms with van der Waals surface area (Å²) in [6, 6.07) is 6.08. The molecule has 29 heavy (non-hydrogen) atoms. The van der Waals surface area contributed by atoms with Crippen LogP contribution in [0.1, 0.15) is 12.0 Å². The zero-order valence-corrected chi connectivity index (χ0v) is 15.1. The molecule has 3 rings (SSSR count). The highest BCUT2D eigenvalue weighted by atomic mass is 19.1. The average Bonchev–Trinajstić information content (AvgIpc) is 3.03. The monoisotopic (exact) mass is 405 g/mol. The highest BCUT2D eigenvalue weighted by Crippen LogP contribution is 2.33. The smallest absolute Gasteiger partial charge is 0.242 e. The van der Waals surface area contributed by atoms with E-state index in [1.807, 2.05) is 0 Å². The van der Waals surface area contributed by atoms with Gasteiger partial charge in [-0.2, -0.15) is 0 Å². The summed E-state index contributed by atoms with van der Waals surface area (Å²) in [4.78, 5) is 26.2. The van der Waals surface area contributed by atoms with Gasteiger partial charge in [0.2, 0.25) is 11.8 Å². The third-order valence-corrected chi connectivity index (χ3v) is 4.53. The molecule has 0 radical (unpaired) electrons. The molecule has 0 saturated carbocycles. The summed E-state index contributed by atoms with van der Waals surface area (Å²) < 4.78 is 41.3. The molecule has 9 heteroatoms. The predicted molar refractivity (Wildman–Crippen MR) is 100 cm³/mol. The number of fused-ring (bicyclic) bond motifs is 1. The number of hydrogen-bond donors (Lipinski definition) is 4. The number of aryl methyl sites for hydroxylation is 1. The first-order valence-corrected chi connectivity index (χ1v) is 8.75. The predicted octanol–water partition coefficient (Wildman–Crippen LogP) is 2.15.